The van der Waals surface area contributed by atoms with Crippen molar-refractivity contribution in [3.05, 3.63) is 47.8 Å². The molecule has 0 aliphatic carbocycles. The van der Waals surface area contributed by atoms with Crippen LogP contribution in [0.3, 0.4) is 0 Å². The molecular formula is C13H17N3. The van der Waals surface area contributed by atoms with Crippen LogP contribution in [-0.2, 0) is 7.05 Å². The van der Waals surface area contributed by atoms with Gasteiger partial charge in [-0.2, -0.15) is 5.10 Å². The monoisotopic (exact) mass is 215 g/mol. The van der Waals surface area contributed by atoms with Gasteiger partial charge in [0.05, 0.1) is 12.2 Å². The van der Waals surface area contributed by atoms with Crippen LogP contribution in [0.15, 0.2) is 36.7 Å². The summed E-state index contributed by atoms with van der Waals surface area (Å²) in [6.07, 6.45) is 3.94. The highest BCUT2D eigenvalue weighted by atomic mass is 15.2. The zero-order valence-electron chi connectivity index (χ0n) is 9.94. The molecule has 0 bridgehead atoms. The lowest BCUT2D eigenvalue weighted by Crippen LogP contribution is -2.06. The van der Waals surface area contributed by atoms with E-state index in [-0.39, 0.29) is 6.04 Å². The van der Waals surface area contributed by atoms with Gasteiger partial charge < -0.3 is 5.32 Å². The quantitative estimate of drug-likeness (QED) is 0.853. The highest BCUT2D eigenvalue weighted by Gasteiger charge is 2.07. The molecule has 2 aromatic rings. The molecule has 0 saturated carbocycles. The maximum atomic E-state index is 4.18. The van der Waals surface area contributed by atoms with Crippen molar-refractivity contribution in [2.24, 2.45) is 7.05 Å². The molecule has 0 radical (unpaired) electrons. The lowest BCUT2D eigenvalue weighted by Gasteiger charge is -2.15. The molecule has 0 aliphatic heterocycles. The molecule has 0 saturated heterocycles. The lowest BCUT2D eigenvalue weighted by molar-refractivity contribution is 0.765. The Morgan fingerprint density at radius 1 is 1.31 bits per heavy atom. The molecule has 0 spiro atoms. The van der Waals surface area contributed by atoms with Gasteiger partial charge in [-0.1, -0.05) is 18.2 Å². The van der Waals surface area contributed by atoms with E-state index in [4.69, 9.17) is 0 Å². The van der Waals surface area contributed by atoms with Crippen molar-refractivity contribution in [3.8, 4) is 0 Å². The van der Waals surface area contributed by atoms with Crippen LogP contribution in [0.1, 0.15) is 24.1 Å². The first kappa shape index (κ1) is 10.7. The number of para-hydroxylation sites is 1. The Labute approximate surface area is 96.1 Å². The van der Waals surface area contributed by atoms with Gasteiger partial charge in [0.15, 0.2) is 0 Å². The average molecular weight is 215 g/mol. The number of nitrogens with one attached hydrogen (secondary N) is 1. The molecule has 1 heterocycles. The van der Waals surface area contributed by atoms with E-state index >= 15 is 0 Å². The molecule has 1 aromatic heterocycles. The van der Waals surface area contributed by atoms with Crippen LogP contribution in [0.5, 0.6) is 0 Å². The Hall–Kier alpha value is -1.77. The van der Waals surface area contributed by atoms with E-state index in [0.29, 0.717) is 0 Å². The Morgan fingerprint density at radius 2 is 2.06 bits per heavy atom. The zero-order chi connectivity index (χ0) is 11.5. The molecule has 1 atom stereocenters. The number of nitrogens with zero attached hydrogens (tertiary/aromatic N) is 2. The summed E-state index contributed by atoms with van der Waals surface area (Å²) in [6.45, 7) is 4.25. The Balaban J connectivity index is 2.13. The van der Waals surface area contributed by atoms with E-state index in [2.05, 4.69) is 42.5 Å². The number of aryl methyl sites for hydroxylation is 2. The maximum Gasteiger partial charge on any atom is 0.0542 e. The largest absolute Gasteiger partial charge is 0.378 e. The Bertz CT molecular complexity index is 474. The molecule has 3 heteroatoms. The fourth-order valence-electron chi connectivity index (χ4n) is 1.72. The predicted molar refractivity (Wildman–Crippen MR) is 66.4 cm³/mol. The first-order valence-electron chi connectivity index (χ1n) is 5.47. The summed E-state index contributed by atoms with van der Waals surface area (Å²) in [5.74, 6) is 0. The standard InChI is InChI=1S/C13H17N3/c1-10-6-4-5-7-13(10)15-11(2)12-8-14-16(3)9-12/h4-9,11,15H,1-3H3. The van der Waals surface area contributed by atoms with Gasteiger partial charge in [0.1, 0.15) is 0 Å². The topological polar surface area (TPSA) is 29.9 Å². The van der Waals surface area contributed by atoms with Crippen molar-refractivity contribution in [1.82, 2.24) is 9.78 Å². The van der Waals surface area contributed by atoms with E-state index in [1.807, 2.05) is 30.2 Å². The SMILES string of the molecule is Cc1ccccc1NC(C)c1cnn(C)c1. The molecule has 0 fully saturated rings. The highest BCUT2D eigenvalue weighted by Crippen LogP contribution is 2.21. The van der Waals surface area contributed by atoms with Crippen LogP contribution in [0, 0.1) is 6.92 Å². The number of rotatable bonds is 3. The van der Waals surface area contributed by atoms with Gasteiger partial charge in [0.2, 0.25) is 0 Å². The summed E-state index contributed by atoms with van der Waals surface area (Å²) < 4.78 is 1.82. The van der Waals surface area contributed by atoms with Crippen LogP contribution >= 0.6 is 0 Å². The van der Waals surface area contributed by atoms with Crippen LogP contribution in [0.25, 0.3) is 0 Å². The Morgan fingerprint density at radius 3 is 2.69 bits per heavy atom. The van der Waals surface area contributed by atoms with E-state index in [1.54, 1.807) is 0 Å². The van der Waals surface area contributed by atoms with E-state index in [0.717, 1.165) is 0 Å². The first-order valence-corrected chi connectivity index (χ1v) is 5.47. The van der Waals surface area contributed by atoms with E-state index < -0.39 is 0 Å². The van der Waals surface area contributed by atoms with Gasteiger partial charge in [-0.05, 0) is 25.5 Å². The fraction of sp³-hybridized carbons (Fsp3) is 0.308. The molecule has 84 valence electrons. The molecule has 1 aromatic carbocycles. The van der Waals surface area contributed by atoms with Gasteiger partial charge in [-0.15, -0.1) is 0 Å². The fourth-order valence-corrected chi connectivity index (χ4v) is 1.72. The lowest BCUT2D eigenvalue weighted by atomic mass is 10.1. The minimum Gasteiger partial charge on any atom is -0.378 e. The number of benzene rings is 1. The van der Waals surface area contributed by atoms with Gasteiger partial charge in [-0.3, -0.25) is 4.68 Å². The summed E-state index contributed by atoms with van der Waals surface area (Å²) in [5.41, 5.74) is 3.64. The maximum absolute atomic E-state index is 4.18. The van der Waals surface area contributed by atoms with Crippen LogP contribution in [-0.4, -0.2) is 9.78 Å². The number of hydrogen-bond donors (Lipinski definition) is 1. The van der Waals surface area contributed by atoms with E-state index in [1.165, 1.54) is 16.8 Å². The molecule has 2 rings (SSSR count). The summed E-state index contributed by atoms with van der Waals surface area (Å²) in [7, 11) is 1.93. The second-order valence-electron chi connectivity index (χ2n) is 4.13. The molecule has 16 heavy (non-hydrogen) atoms. The predicted octanol–water partition coefficient (Wildman–Crippen LogP) is 2.90. The molecule has 3 nitrogen and oxygen atoms in total. The normalized spacial score (nSPS) is 12.4. The summed E-state index contributed by atoms with van der Waals surface area (Å²) in [5, 5.41) is 7.66. The van der Waals surface area contributed by atoms with Gasteiger partial charge in [0.25, 0.3) is 0 Å². The smallest absolute Gasteiger partial charge is 0.0542 e. The molecule has 0 aliphatic rings. The van der Waals surface area contributed by atoms with Crippen LogP contribution in [0.2, 0.25) is 0 Å². The third kappa shape index (κ3) is 2.24. The van der Waals surface area contributed by atoms with Crippen molar-refractivity contribution < 1.29 is 0 Å². The van der Waals surface area contributed by atoms with Crippen LogP contribution < -0.4 is 5.32 Å². The van der Waals surface area contributed by atoms with Crippen LogP contribution in [0.4, 0.5) is 5.69 Å². The van der Waals surface area contributed by atoms with Gasteiger partial charge >= 0.3 is 0 Å². The minimum absolute atomic E-state index is 0.273. The molecule has 1 unspecified atom stereocenters. The molecular weight excluding hydrogens is 198 g/mol. The second kappa shape index (κ2) is 4.39. The van der Waals surface area contributed by atoms with Crippen molar-refractivity contribution in [2.45, 2.75) is 19.9 Å². The van der Waals surface area contributed by atoms with Gasteiger partial charge in [0, 0.05) is 24.5 Å². The van der Waals surface area contributed by atoms with E-state index in [9.17, 15) is 0 Å². The Kier molecular flexibility index (Phi) is 2.95. The summed E-state index contributed by atoms with van der Waals surface area (Å²) in [4.78, 5) is 0. The van der Waals surface area contributed by atoms with Crippen molar-refractivity contribution in [3.63, 3.8) is 0 Å². The van der Waals surface area contributed by atoms with Crippen molar-refractivity contribution in [2.75, 3.05) is 5.32 Å². The average Bonchev–Trinajstić information content (AvgIpc) is 2.68. The summed E-state index contributed by atoms with van der Waals surface area (Å²) in [6, 6.07) is 8.58. The summed E-state index contributed by atoms with van der Waals surface area (Å²) >= 11 is 0. The van der Waals surface area contributed by atoms with Crippen molar-refractivity contribution in [1.29, 1.82) is 0 Å². The zero-order valence-corrected chi connectivity index (χ0v) is 9.94. The number of aromatic nitrogens is 2. The van der Waals surface area contributed by atoms with Crippen molar-refractivity contribution >= 4 is 5.69 Å². The molecule has 0 amide bonds. The second-order valence-corrected chi connectivity index (χ2v) is 4.13. The third-order valence-corrected chi connectivity index (χ3v) is 2.74. The highest BCUT2D eigenvalue weighted by molar-refractivity contribution is 5.51. The first-order chi connectivity index (χ1) is 7.66. The number of hydrogen-bond acceptors (Lipinski definition) is 2. The molecule has 1 N–H and O–H groups in total. The minimum atomic E-state index is 0.273. The van der Waals surface area contributed by atoms with Gasteiger partial charge in [-0.25, -0.2) is 0 Å². The number of anilines is 1. The third-order valence-electron chi connectivity index (χ3n) is 2.74.